The van der Waals surface area contributed by atoms with Gasteiger partial charge in [0.05, 0.1) is 18.2 Å². The minimum atomic E-state index is -0.234. The maximum absolute atomic E-state index is 12.0. The van der Waals surface area contributed by atoms with Crippen molar-refractivity contribution < 1.29 is 14.0 Å². The van der Waals surface area contributed by atoms with E-state index in [1.165, 1.54) is 23.7 Å². The lowest BCUT2D eigenvalue weighted by molar-refractivity contribution is -0.120. The highest BCUT2D eigenvalue weighted by atomic mass is 16.3. The third-order valence-corrected chi connectivity index (χ3v) is 6.50. The van der Waals surface area contributed by atoms with Crippen molar-refractivity contribution in [1.29, 1.82) is 0 Å². The summed E-state index contributed by atoms with van der Waals surface area (Å²) >= 11 is 0. The van der Waals surface area contributed by atoms with Gasteiger partial charge in [-0.05, 0) is 56.1 Å². The Balaban J connectivity index is 1.26. The lowest BCUT2D eigenvalue weighted by Crippen LogP contribution is -2.44. The van der Waals surface area contributed by atoms with E-state index >= 15 is 0 Å². The molecule has 0 saturated carbocycles. The van der Waals surface area contributed by atoms with Crippen molar-refractivity contribution in [1.82, 2.24) is 10.2 Å². The maximum Gasteiger partial charge on any atom is 0.227 e. The van der Waals surface area contributed by atoms with Gasteiger partial charge in [0.25, 0.3) is 0 Å². The number of likely N-dealkylation sites (tertiary alicyclic amines) is 1. The van der Waals surface area contributed by atoms with Crippen molar-refractivity contribution in [2.45, 2.75) is 31.1 Å². The van der Waals surface area contributed by atoms with E-state index in [-0.39, 0.29) is 23.5 Å². The third-order valence-electron chi connectivity index (χ3n) is 6.50. The topological polar surface area (TPSA) is 62.6 Å². The zero-order valence-electron chi connectivity index (χ0n) is 18.3. The van der Waals surface area contributed by atoms with Crippen molar-refractivity contribution >= 4 is 11.7 Å². The molecule has 5 nitrogen and oxygen atoms in total. The standard InChI is InChI=1S/C27H30N2O3/c30-25(22-12-19-32-21-22)20-26(31)28-15-7-16-29-17-13-27(14-18-29,23-8-3-1-4-9-23)24-10-5-2-6-11-24/h1-6,8-12,19,21H,7,13-18,20H2,(H,28,31). The van der Waals surface area contributed by atoms with Gasteiger partial charge < -0.3 is 14.6 Å². The fourth-order valence-electron chi connectivity index (χ4n) is 4.68. The molecule has 0 aliphatic carbocycles. The highest BCUT2D eigenvalue weighted by molar-refractivity contribution is 6.07. The first-order chi connectivity index (χ1) is 15.7. The fraction of sp³-hybridized carbons (Fsp3) is 0.333. The van der Waals surface area contributed by atoms with Crippen LogP contribution in [0.1, 0.15) is 47.2 Å². The van der Waals surface area contributed by atoms with Gasteiger partial charge in [-0.2, -0.15) is 0 Å². The minimum absolute atomic E-state index is 0.0562. The van der Waals surface area contributed by atoms with E-state index in [1.807, 2.05) is 0 Å². The summed E-state index contributed by atoms with van der Waals surface area (Å²) in [4.78, 5) is 26.5. The monoisotopic (exact) mass is 430 g/mol. The number of piperidine rings is 1. The van der Waals surface area contributed by atoms with Gasteiger partial charge in [-0.25, -0.2) is 0 Å². The van der Waals surface area contributed by atoms with Crippen LogP contribution in [-0.2, 0) is 10.2 Å². The van der Waals surface area contributed by atoms with E-state index in [1.54, 1.807) is 6.07 Å². The smallest absolute Gasteiger partial charge is 0.227 e. The van der Waals surface area contributed by atoms with Gasteiger partial charge in [-0.3, -0.25) is 9.59 Å². The zero-order valence-corrected chi connectivity index (χ0v) is 18.3. The molecule has 2 aromatic carbocycles. The number of Topliss-reactive ketones (excluding diaryl/α,β-unsaturated/α-hetero) is 1. The molecule has 1 fully saturated rings. The van der Waals surface area contributed by atoms with Crippen molar-refractivity contribution in [3.63, 3.8) is 0 Å². The van der Waals surface area contributed by atoms with Crippen LogP contribution in [0.4, 0.5) is 0 Å². The molecule has 1 saturated heterocycles. The molecule has 32 heavy (non-hydrogen) atoms. The van der Waals surface area contributed by atoms with Gasteiger partial charge in [-0.15, -0.1) is 0 Å². The van der Waals surface area contributed by atoms with E-state index in [2.05, 4.69) is 70.9 Å². The van der Waals surface area contributed by atoms with Gasteiger partial charge >= 0.3 is 0 Å². The second-order valence-corrected chi connectivity index (χ2v) is 8.47. The number of ketones is 1. The van der Waals surface area contributed by atoms with Crippen LogP contribution in [0.5, 0.6) is 0 Å². The van der Waals surface area contributed by atoms with Crippen molar-refractivity contribution in [2.75, 3.05) is 26.2 Å². The van der Waals surface area contributed by atoms with Crippen molar-refractivity contribution in [3.8, 4) is 0 Å². The molecular weight excluding hydrogens is 400 g/mol. The zero-order chi connectivity index (χ0) is 22.2. The number of carbonyl (C=O) groups is 2. The Bertz CT molecular complexity index is 950. The summed E-state index contributed by atoms with van der Waals surface area (Å²) in [7, 11) is 0. The number of hydrogen-bond donors (Lipinski definition) is 1. The molecule has 0 radical (unpaired) electrons. The number of amides is 1. The Hall–Kier alpha value is -3.18. The van der Waals surface area contributed by atoms with E-state index in [0.717, 1.165) is 38.9 Å². The SMILES string of the molecule is O=C(CC(=O)c1ccoc1)NCCCN1CCC(c2ccccc2)(c2ccccc2)CC1. The summed E-state index contributed by atoms with van der Waals surface area (Å²) in [5.74, 6) is -0.451. The molecular formula is C27H30N2O3. The summed E-state index contributed by atoms with van der Waals surface area (Å²) in [5, 5.41) is 2.87. The molecule has 1 aromatic heterocycles. The average molecular weight is 431 g/mol. The van der Waals surface area contributed by atoms with Crippen molar-refractivity contribution in [2.24, 2.45) is 0 Å². The molecule has 5 heteroatoms. The van der Waals surface area contributed by atoms with Crippen LogP contribution in [0.2, 0.25) is 0 Å². The molecule has 1 amide bonds. The normalized spacial score (nSPS) is 15.9. The molecule has 1 aliphatic rings. The molecule has 166 valence electrons. The second kappa shape index (κ2) is 10.4. The number of nitrogens with zero attached hydrogens (tertiary/aromatic N) is 1. The van der Waals surface area contributed by atoms with Gasteiger partial charge in [0.15, 0.2) is 5.78 Å². The van der Waals surface area contributed by atoms with Gasteiger partial charge in [0.2, 0.25) is 5.91 Å². The average Bonchev–Trinajstić information content (AvgIpc) is 3.39. The predicted octanol–water partition coefficient (Wildman–Crippen LogP) is 4.44. The van der Waals surface area contributed by atoms with Crippen LogP contribution in [-0.4, -0.2) is 42.8 Å². The van der Waals surface area contributed by atoms with Gasteiger partial charge in [0, 0.05) is 12.0 Å². The molecule has 0 atom stereocenters. The summed E-state index contributed by atoms with van der Waals surface area (Å²) in [6, 6.07) is 23.3. The number of rotatable bonds is 9. The van der Waals surface area contributed by atoms with Crippen LogP contribution < -0.4 is 5.32 Å². The summed E-state index contributed by atoms with van der Waals surface area (Å²) in [6.45, 7) is 3.57. The number of carbonyl (C=O) groups excluding carboxylic acids is 2. The number of furan rings is 1. The lowest BCUT2D eigenvalue weighted by Gasteiger charge is -2.43. The molecule has 3 aromatic rings. The van der Waals surface area contributed by atoms with E-state index in [0.29, 0.717) is 12.1 Å². The highest BCUT2D eigenvalue weighted by Crippen LogP contribution is 2.41. The third kappa shape index (κ3) is 5.17. The van der Waals surface area contributed by atoms with E-state index < -0.39 is 0 Å². The first-order valence-electron chi connectivity index (χ1n) is 11.3. The summed E-state index contributed by atoms with van der Waals surface area (Å²) in [6.07, 6.45) is 5.69. The van der Waals surface area contributed by atoms with Gasteiger partial charge in [-0.1, -0.05) is 60.7 Å². The molecule has 1 aliphatic heterocycles. The van der Waals surface area contributed by atoms with Crippen LogP contribution in [0, 0.1) is 0 Å². The van der Waals surface area contributed by atoms with Crippen LogP contribution in [0.15, 0.2) is 83.7 Å². The number of hydrogen-bond acceptors (Lipinski definition) is 4. The Labute approximate surface area is 189 Å². The number of nitrogens with one attached hydrogen (secondary N) is 1. The van der Waals surface area contributed by atoms with Crippen LogP contribution in [0.3, 0.4) is 0 Å². The van der Waals surface area contributed by atoms with E-state index in [4.69, 9.17) is 4.42 Å². The Morgan fingerprint density at radius 2 is 1.53 bits per heavy atom. The fourth-order valence-corrected chi connectivity index (χ4v) is 4.68. The summed E-state index contributed by atoms with van der Waals surface area (Å²) < 4.78 is 4.90. The molecule has 4 rings (SSSR count). The Morgan fingerprint density at radius 3 is 2.09 bits per heavy atom. The second-order valence-electron chi connectivity index (χ2n) is 8.47. The quantitative estimate of drug-likeness (QED) is 0.310. The lowest BCUT2D eigenvalue weighted by atomic mass is 9.68. The molecule has 0 unspecified atom stereocenters. The minimum Gasteiger partial charge on any atom is -0.472 e. The highest BCUT2D eigenvalue weighted by Gasteiger charge is 2.37. The van der Waals surface area contributed by atoms with Crippen molar-refractivity contribution in [3.05, 3.63) is 95.9 Å². The van der Waals surface area contributed by atoms with E-state index in [9.17, 15) is 9.59 Å². The molecule has 0 bridgehead atoms. The first kappa shape index (κ1) is 22.0. The Kier molecular flexibility index (Phi) is 7.17. The Morgan fingerprint density at radius 1 is 0.906 bits per heavy atom. The van der Waals surface area contributed by atoms with Crippen LogP contribution >= 0.6 is 0 Å². The molecule has 0 spiro atoms. The first-order valence-corrected chi connectivity index (χ1v) is 11.3. The number of benzene rings is 2. The van der Waals surface area contributed by atoms with Gasteiger partial charge in [0.1, 0.15) is 6.26 Å². The molecule has 1 N–H and O–H groups in total. The maximum atomic E-state index is 12.0. The largest absolute Gasteiger partial charge is 0.472 e. The molecule has 2 heterocycles. The predicted molar refractivity (Wildman–Crippen MR) is 125 cm³/mol. The van der Waals surface area contributed by atoms with Crippen LogP contribution in [0.25, 0.3) is 0 Å². The summed E-state index contributed by atoms with van der Waals surface area (Å²) in [5.41, 5.74) is 3.27.